The molecule has 1 amide bonds. The topological polar surface area (TPSA) is 51.4 Å². The van der Waals surface area contributed by atoms with Crippen LogP contribution in [-0.4, -0.2) is 29.3 Å². The Balaban J connectivity index is 1.53. The lowest BCUT2D eigenvalue weighted by Crippen LogP contribution is -3.08. The Morgan fingerprint density at radius 2 is 1.89 bits per heavy atom. The van der Waals surface area contributed by atoms with E-state index in [2.05, 4.69) is 10.4 Å². The van der Waals surface area contributed by atoms with Crippen LogP contribution in [0.5, 0.6) is 0 Å². The minimum atomic E-state index is -4.33. The van der Waals surface area contributed by atoms with Crippen LogP contribution in [0, 0.1) is 0 Å². The largest absolute Gasteiger partial charge is 0.416 e. The van der Waals surface area contributed by atoms with E-state index in [9.17, 15) is 18.0 Å². The number of anilines is 1. The van der Waals surface area contributed by atoms with Crippen LogP contribution in [-0.2, 0) is 17.5 Å². The number of benzene rings is 1. The second-order valence-electron chi connectivity index (χ2n) is 7.15. The van der Waals surface area contributed by atoms with Gasteiger partial charge in [-0.1, -0.05) is 25.0 Å². The van der Waals surface area contributed by atoms with Crippen molar-refractivity contribution < 1.29 is 22.9 Å². The molecule has 1 aromatic carbocycles. The lowest BCUT2D eigenvalue weighted by molar-refractivity contribution is -0.885. The van der Waals surface area contributed by atoms with Crippen molar-refractivity contribution in [3.63, 3.8) is 0 Å². The first-order valence-electron chi connectivity index (χ1n) is 9.14. The van der Waals surface area contributed by atoms with Gasteiger partial charge in [-0.3, -0.25) is 4.79 Å². The fraction of sp³-hybridized carbons (Fsp3) is 0.474. The highest BCUT2D eigenvalue weighted by atomic mass is 19.4. The van der Waals surface area contributed by atoms with Crippen molar-refractivity contribution in [1.82, 2.24) is 9.78 Å². The van der Waals surface area contributed by atoms with E-state index in [1.54, 1.807) is 12.3 Å². The molecule has 3 rings (SSSR count). The normalized spacial score (nSPS) is 16.4. The lowest BCUT2D eigenvalue weighted by Gasteiger charge is -2.17. The number of amides is 1. The van der Waals surface area contributed by atoms with E-state index in [0.29, 0.717) is 18.4 Å². The van der Waals surface area contributed by atoms with Crippen molar-refractivity contribution in [2.24, 2.45) is 0 Å². The number of nitrogens with zero attached hydrogens (tertiary/aromatic N) is 2. The predicted molar refractivity (Wildman–Crippen MR) is 95.3 cm³/mol. The Hall–Kier alpha value is -2.35. The molecule has 146 valence electrons. The number of hydrogen-bond donors (Lipinski definition) is 2. The zero-order valence-electron chi connectivity index (χ0n) is 15.2. The Morgan fingerprint density at radius 3 is 2.52 bits per heavy atom. The molecule has 0 saturated heterocycles. The number of carbonyl (C=O) groups is 1. The molecule has 1 aliphatic carbocycles. The average Bonchev–Trinajstić information content (AvgIpc) is 3.25. The van der Waals surface area contributed by atoms with Crippen LogP contribution in [0.2, 0.25) is 0 Å². The molecule has 1 aromatic heterocycles. The Bertz CT molecular complexity index is 764. The van der Waals surface area contributed by atoms with Crippen molar-refractivity contribution in [3.05, 3.63) is 47.7 Å². The molecule has 1 saturated carbocycles. The summed E-state index contributed by atoms with van der Waals surface area (Å²) in [7, 11) is 1.84. The first-order valence-corrected chi connectivity index (χ1v) is 9.14. The van der Waals surface area contributed by atoms with Crippen molar-refractivity contribution in [1.29, 1.82) is 0 Å². The van der Waals surface area contributed by atoms with Gasteiger partial charge >= 0.3 is 6.18 Å². The summed E-state index contributed by atoms with van der Waals surface area (Å²) in [6.07, 6.45) is 1.86. The average molecular weight is 381 g/mol. The van der Waals surface area contributed by atoms with Crippen LogP contribution in [0.25, 0.3) is 0 Å². The van der Waals surface area contributed by atoms with Gasteiger partial charge in [0.1, 0.15) is 12.4 Å². The van der Waals surface area contributed by atoms with Crippen LogP contribution in [0.3, 0.4) is 0 Å². The molecule has 8 heteroatoms. The molecule has 0 aliphatic heterocycles. The van der Waals surface area contributed by atoms with Gasteiger partial charge < -0.3 is 10.2 Å². The summed E-state index contributed by atoms with van der Waals surface area (Å²) in [5, 5.41) is 7.23. The number of halogens is 3. The number of rotatable bonds is 6. The summed E-state index contributed by atoms with van der Waals surface area (Å²) in [5.41, 5.74) is 0.0890. The molecular formula is C19H24F3N4O+. The number of quaternary nitrogens is 1. The lowest BCUT2D eigenvalue weighted by atomic mass is 10.1. The van der Waals surface area contributed by atoms with Crippen molar-refractivity contribution >= 4 is 11.7 Å². The number of alkyl halides is 3. The number of aromatic nitrogens is 2. The first-order chi connectivity index (χ1) is 12.8. The molecule has 0 radical (unpaired) electrons. The highest BCUT2D eigenvalue weighted by Gasteiger charge is 2.30. The summed E-state index contributed by atoms with van der Waals surface area (Å²) in [6, 6.07) is 7.19. The van der Waals surface area contributed by atoms with Crippen LogP contribution in [0.1, 0.15) is 42.9 Å². The van der Waals surface area contributed by atoms with Gasteiger partial charge in [0.15, 0.2) is 6.54 Å². The fourth-order valence-electron chi connectivity index (χ4n) is 3.54. The van der Waals surface area contributed by atoms with Gasteiger partial charge in [-0.15, -0.1) is 0 Å². The van der Waals surface area contributed by atoms with Gasteiger partial charge in [-0.25, -0.2) is 4.68 Å². The highest BCUT2D eigenvalue weighted by Crippen LogP contribution is 2.31. The summed E-state index contributed by atoms with van der Waals surface area (Å²) >= 11 is 0. The third-order valence-electron chi connectivity index (χ3n) is 4.86. The summed E-state index contributed by atoms with van der Waals surface area (Å²) < 4.78 is 39.7. The van der Waals surface area contributed by atoms with Gasteiger partial charge in [0.25, 0.3) is 5.91 Å². The number of likely N-dealkylation sites (N-methyl/N-ethyl adjacent to an activating group) is 1. The molecule has 27 heavy (non-hydrogen) atoms. The third kappa shape index (κ3) is 5.09. The fourth-order valence-corrected chi connectivity index (χ4v) is 3.54. The van der Waals surface area contributed by atoms with E-state index in [4.69, 9.17) is 0 Å². The molecule has 2 N–H and O–H groups in total. The van der Waals surface area contributed by atoms with Crippen LogP contribution in [0.4, 0.5) is 19.0 Å². The smallest absolute Gasteiger partial charge is 0.326 e. The molecule has 1 aliphatic rings. The van der Waals surface area contributed by atoms with E-state index < -0.39 is 11.7 Å². The summed E-state index contributed by atoms with van der Waals surface area (Å²) in [4.78, 5) is 13.2. The maximum absolute atomic E-state index is 12.6. The second kappa shape index (κ2) is 8.12. The van der Waals surface area contributed by atoms with Crippen LogP contribution < -0.4 is 10.2 Å². The highest BCUT2D eigenvalue weighted by molar-refractivity contribution is 5.90. The molecule has 1 unspecified atom stereocenters. The standard InChI is InChI=1S/C19H23F3N4O/c1-25(12-14-6-8-15(9-7-14)19(20,21)22)13-18(27)24-17-10-11-23-26(17)16-4-2-3-5-16/h6-11,16H,2-5,12-13H2,1H3,(H,24,27)/p+1. The Kier molecular flexibility index (Phi) is 5.84. The second-order valence-corrected chi connectivity index (χ2v) is 7.15. The summed E-state index contributed by atoms with van der Waals surface area (Å²) in [6.45, 7) is 0.685. The van der Waals surface area contributed by atoms with Gasteiger partial charge in [0.05, 0.1) is 24.8 Å². The van der Waals surface area contributed by atoms with E-state index in [-0.39, 0.29) is 12.5 Å². The predicted octanol–water partition coefficient (Wildman–Crippen LogP) is 2.67. The number of carbonyl (C=O) groups excluding carboxylic acids is 1. The maximum Gasteiger partial charge on any atom is 0.416 e. The van der Waals surface area contributed by atoms with Crippen molar-refractivity contribution in [2.45, 2.75) is 44.4 Å². The molecule has 1 fully saturated rings. The monoisotopic (exact) mass is 381 g/mol. The van der Waals surface area contributed by atoms with E-state index in [1.165, 1.54) is 25.0 Å². The minimum absolute atomic E-state index is 0.140. The number of hydrogen-bond acceptors (Lipinski definition) is 2. The quantitative estimate of drug-likeness (QED) is 0.808. The van der Waals surface area contributed by atoms with Gasteiger partial charge in [-0.05, 0) is 25.0 Å². The van der Waals surface area contributed by atoms with E-state index in [0.717, 1.165) is 35.4 Å². The summed E-state index contributed by atoms with van der Waals surface area (Å²) in [5.74, 6) is 0.563. The SMILES string of the molecule is C[NH+](CC(=O)Nc1ccnn1C1CCCC1)Cc1ccc(C(F)(F)F)cc1. The first kappa shape index (κ1) is 19.4. The zero-order valence-corrected chi connectivity index (χ0v) is 15.2. The molecule has 0 bridgehead atoms. The van der Waals surface area contributed by atoms with Gasteiger partial charge in [0.2, 0.25) is 0 Å². The van der Waals surface area contributed by atoms with Crippen LogP contribution >= 0.6 is 0 Å². The zero-order chi connectivity index (χ0) is 19.4. The number of nitrogens with one attached hydrogen (secondary N) is 2. The molecule has 2 aromatic rings. The van der Waals surface area contributed by atoms with Gasteiger partial charge in [0, 0.05) is 11.6 Å². The van der Waals surface area contributed by atoms with Crippen molar-refractivity contribution in [2.75, 3.05) is 18.9 Å². The van der Waals surface area contributed by atoms with E-state index >= 15 is 0 Å². The third-order valence-corrected chi connectivity index (χ3v) is 4.86. The maximum atomic E-state index is 12.6. The molecule has 1 atom stereocenters. The van der Waals surface area contributed by atoms with E-state index in [1.807, 2.05) is 11.7 Å². The Morgan fingerprint density at radius 1 is 1.22 bits per heavy atom. The van der Waals surface area contributed by atoms with Crippen molar-refractivity contribution in [3.8, 4) is 0 Å². The Labute approximate surface area is 156 Å². The van der Waals surface area contributed by atoms with Crippen LogP contribution in [0.15, 0.2) is 36.5 Å². The molecule has 0 spiro atoms. The minimum Gasteiger partial charge on any atom is -0.326 e. The molecular weight excluding hydrogens is 357 g/mol. The molecule has 1 heterocycles. The molecule has 5 nitrogen and oxygen atoms in total. The van der Waals surface area contributed by atoms with Gasteiger partial charge in [-0.2, -0.15) is 18.3 Å².